The SMILES string of the molecule is CC1(C)S[C@H]2N(C(=O)[C@]2(NC=O)NC(=O)C(N)c2ccc(O)cc2)[C@H]1C(=O)O. The number of hydrogen-bond donors (Lipinski definition) is 5. The normalized spacial score (nSPS) is 28.7. The number of hydrogen-bond acceptors (Lipinski definition) is 7. The van der Waals surface area contributed by atoms with Gasteiger partial charge in [0.1, 0.15) is 23.2 Å². The Morgan fingerprint density at radius 3 is 2.46 bits per heavy atom. The van der Waals surface area contributed by atoms with Crippen LogP contribution in [0.5, 0.6) is 5.75 Å². The number of carboxylic acids is 1. The van der Waals surface area contributed by atoms with Crippen LogP contribution in [0.2, 0.25) is 0 Å². The van der Waals surface area contributed by atoms with Crippen LogP contribution in [0.3, 0.4) is 0 Å². The van der Waals surface area contributed by atoms with Gasteiger partial charge in [0.2, 0.25) is 18.0 Å². The number of rotatable bonds is 6. The van der Waals surface area contributed by atoms with E-state index in [1.807, 2.05) is 0 Å². The van der Waals surface area contributed by atoms with E-state index in [4.69, 9.17) is 5.73 Å². The number of amides is 3. The molecule has 2 heterocycles. The van der Waals surface area contributed by atoms with Gasteiger partial charge in [0.15, 0.2) is 0 Å². The number of benzene rings is 1. The molecule has 3 amide bonds. The average molecular weight is 408 g/mol. The highest BCUT2D eigenvalue weighted by Gasteiger charge is 2.72. The van der Waals surface area contributed by atoms with Gasteiger partial charge in [0.05, 0.1) is 0 Å². The predicted octanol–water partition coefficient (Wildman–Crippen LogP) is -0.903. The van der Waals surface area contributed by atoms with Crippen molar-refractivity contribution in [3.8, 4) is 5.75 Å². The smallest absolute Gasteiger partial charge is 0.327 e. The number of nitrogens with two attached hydrogens (primary N) is 1. The Balaban J connectivity index is 1.87. The first-order chi connectivity index (χ1) is 13.0. The molecule has 2 saturated heterocycles. The Hall–Kier alpha value is -2.79. The van der Waals surface area contributed by atoms with Gasteiger partial charge in [0.25, 0.3) is 5.91 Å². The Morgan fingerprint density at radius 1 is 1.32 bits per heavy atom. The van der Waals surface area contributed by atoms with Gasteiger partial charge >= 0.3 is 5.97 Å². The second-order valence-corrected chi connectivity index (χ2v) is 8.89. The molecule has 28 heavy (non-hydrogen) atoms. The molecule has 0 radical (unpaired) electrons. The van der Waals surface area contributed by atoms with Crippen LogP contribution in [0.4, 0.5) is 0 Å². The first kappa shape index (κ1) is 20.0. The van der Waals surface area contributed by atoms with Gasteiger partial charge < -0.3 is 31.5 Å². The van der Waals surface area contributed by atoms with Crippen molar-refractivity contribution < 1.29 is 29.4 Å². The van der Waals surface area contributed by atoms with Gasteiger partial charge in [0, 0.05) is 4.75 Å². The summed E-state index contributed by atoms with van der Waals surface area (Å²) in [6.07, 6.45) is 0.281. The van der Waals surface area contributed by atoms with Crippen molar-refractivity contribution >= 4 is 36.0 Å². The molecule has 1 aromatic carbocycles. The van der Waals surface area contributed by atoms with Crippen LogP contribution in [-0.2, 0) is 19.2 Å². The van der Waals surface area contributed by atoms with Gasteiger partial charge in [-0.25, -0.2) is 4.79 Å². The molecule has 2 aliphatic heterocycles. The lowest BCUT2D eigenvalue weighted by Crippen LogP contribution is -2.85. The third-order valence-corrected chi connectivity index (χ3v) is 6.56. The van der Waals surface area contributed by atoms with E-state index in [1.54, 1.807) is 13.8 Å². The van der Waals surface area contributed by atoms with E-state index < -0.39 is 45.7 Å². The Bertz CT molecular complexity index is 845. The summed E-state index contributed by atoms with van der Waals surface area (Å²) < 4.78 is -0.831. The number of carbonyl (C=O) groups excluding carboxylic acids is 3. The number of fused-ring (bicyclic) bond motifs is 1. The Labute approximate surface area is 164 Å². The summed E-state index contributed by atoms with van der Waals surface area (Å²) in [5.41, 5.74) is 4.56. The zero-order valence-electron chi connectivity index (χ0n) is 15.1. The number of nitrogens with zero attached hydrogens (tertiary/aromatic N) is 1. The molecule has 1 unspecified atom stereocenters. The van der Waals surface area contributed by atoms with Crippen LogP contribution in [0.15, 0.2) is 24.3 Å². The van der Waals surface area contributed by atoms with E-state index in [0.29, 0.717) is 5.56 Å². The molecule has 6 N–H and O–H groups in total. The number of carboxylic acid groups (broad SMARTS) is 1. The summed E-state index contributed by atoms with van der Waals surface area (Å²) in [7, 11) is 0. The fraction of sp³-hybridized carbons (Fsp3) is 0.412. The summed E-state index contributed by atoms with van der Waals surface area (Å²) in [6, 6.07) is 3.39. The minimum absolute atomic E-state index is 0.00422. The highest BCUT2D eigenvalue weighted by molar-refractivity contribution is 8.01. The fourth-order valence-corrected chi connectivity index (χ4v) is 5.20. The topological polar surface area (TPSA) is 162 Å². The molecule has 10 nitrogen and oxygen atoms in total. The zero-order chi connectivity index (χ0) is 20.9. The number of carbonyl (C=O) groups is 4. The summed E-state index contributed by atoms with van der Waals surface area (Å²) in [5, 5.41) is 22.9. The standard InChI is InChI=1S/C17H20N4O6S/c1-16(2)11(13(25)26)21-14(27)17(19-7-22,15(21)28-16)20-12(24)10(18)8-3-5-9(23)6-4-8/h3-7,10-11,15,23H,18H2,1-2H3,(H,19,22)(H,20,24)(H,25,26)/t10?,11-,15+,17-/m0/s1. The van der Waals surface area contributed by atoms with Crippen molar-refractivity contribution in [1.82, 2.24) is 15.5 Å². The molecule has 3 rings (SSSR count). The van der Waals surface area contributed by atoms with E-state index in [9.17, 15) is 29.4 Å². The fourth-order valence-electron chi connectivity index (χ4n) is 3.54. The molecular weight excluding hydrogens is 388 g/mol. The van der Waals surface area contributed by atoms with Crippen molar-refractivity contribution in [2.45, 2.75) is 41.7 Å². The van der Waals surface area contributed by atoms with E-state index >= 15 is 0 Å². The first-order valence-corrected chi connectivity index (χ1v) is 9.24. The zero-order valence-corrected chi connectivity index (χ0v) is 15.9. The van der Waals surface area contributed by atoms with E-state index in [-0.39, 0.29) is 12.2 Å². The van der Waals surface area contributed by atoms with Crippen LogP contribution in [0.25, 0.3) is 0 Å². The van der Waals surface area contributed by atoms with Crippen LogP contribution in [-0.4, -0.2) is 61.1 Å². The quantitative estimate of drug-likeness (QED) is 0.230. The van der Waals surface area contributed by atoms with Crippen LogP contribution in [0.1, 0.15) is 25.5 Å². The maximum Gasteiger partial charge on any atom is 0.327 e. The molecule has 0 saturated carbocycles. The molecule has 11 heteroatoms. The summed E-state index contributed by atoms with van der Waals surface area (Å²) in [5.74, 6) is -2.61. The largest absolute Gasteiger partial charge is 0.508 e. The molecule has 4 atom stereocenters. The van der Waals surface area contributed by atoms with Crippen molar-refractivity contribution in [2.75, 3.05) is 0 Å². The average Bonchev–Trinajstić information content (AvgIpc) is 2.90. The Kier molecular flexibility index (Phi) is 4.76. The molecule has 2 fully saturated rings. The lowest BCUT2D eigenvalue weighted by molar-refractivity contribution is -0.172. The molecule has 0 aromatic heterocycles. The third kappa shape index (κ3) is 2.87. The predicted molar refractivity (Wildman–Crippen MR) is 98.8 cm³/mol. The molecular formula is C17H20N4O6S. The molecule has 1 aromatic rings. The lowest BCUT2D eigenvalue weighted by atomic mass is 9.91. The maximum absolute atomic E-state index is 12.8. The number of aromatic hydroxyl groups is 1. The van der Waals surface area contributed by atoms with Gasteiger partial charge in [-0.1, -0.05) is 12.1 Å². The minimum atomic E-state index is -1.78. The van der Waals surface area contributed by atoms with Gasteiger partial charge in [-0.15, -0.1) is 11.8 Å². The van der Waals surface area contributed by atoms with Gasteiger partial charge in [-0.05, 0) is 31.5 Å². The number of nitrogens with one attached hydrogen (secondary N) is 2. The van der Waals surface area contributed by atoms with Crippen molar-refractivity contribution in [2.24, 2.45) is 5.73 Å². The van der Waals surface area contributed by atoms with Gasteiger partial charge in [-0.2, -0.15) is 0 Å². The van der Waals surface area contributed by atoms with E-state index in [1.165, 1.54) is 36.0 Å². The van der Waals surface area contributed by atoms with Crippen LogP contribution in [0, 0.1) is 0 Å². The second kappa shape index (κ2) is 6.67. The number of aliphatic carboxylic acids is 1. The number of phenolic OH excluding ortho intramolecular Hbond substituents is 1. The maximum atomic E-state index is 12.8. The number of thioether (sulfide) groups is 1. The monoisotopic (exact) mass is 408 g/mol. The summed E-state index contributed by atoms with van der Waals surface area (Å²) in [6.45, 7) is 3.36. The number of β-lactam (4-membered cyclic amide) rings is 1. The van der Waals surface area contributed by atoms with Crippen LogP contribution >= 0.6 is 11.8 Å². The number of phenols is 1. The van der Waals surface area contributed by atoms with Crippen molar-refractivity contribution in [3.63, 3.8) is 0 Å². The molecule has 150 valence electrons. The second-order valence-electron chi connectivity index (χ2n) is 7.16. The van der Waals surface area contributed by atoms with Gasteiger partial charge in [-0.3, -0.25) is 14.4 Å². The van der Waals surface area contributed by atoms with Crippen LogP contribution < -0.4 is 16.4 Å². The minimum Gasteiger partial charge on any atom is -0.508 e. The first-order valence-electron chi connectivity index (χ1n) is 8.36. The third-order valence-electron chi connectivity index (χ3n) is 4.92. The van der Waals surface area contributed by atoms with Crippen molar-refractivity contribution in [3.05, 3.63) is 29.8 Å². The Morgan fingerprint density at radius 2 is 1.93 bits per heavy atom. The molecule has 0 spiro atoms. The molecule has 0 aliphatic carbocycles. The molecule has 2 aliphatic rings. The molecule has 0 bridgehead atoms. The van der Waals surface area contributed by atoms with E-state index in [0.717, 1.165) is 4.90 Å². The lowest BCUT2D eigenvalue weighted by Gasteiger charge is -2.52. The summed E-state index contributed by atoms with van der Waals surface area (Å²) in [4.78, 5) is 49.5. The highest BCUT2D eigenvalue weighted by atomic mass is 32.2. The van der Waals surface area contributed by atoms with Crippen molar-refractivity contribution in [1.29, 1.82) is 0 Å². The summed E-state index contributed by atoms with van der Waals surface area (Å²) >= 11 is 1.17. The highest BCUT2D eigenvalue weighted by Crippen LogP contribution is 2.54. The van der Waals surface area contributed by atoms with E-state index in [2.05, 4.69) is 10.6 Å².